The van der Waals surface area contributed by atoms with E-state index < -0.39 is 0 Å². The van der Waals surface area contributed by atoms with E-state index in [-0.39, 0.29) is 0 Å². The van der Waals surface area contributed by atoms with E-state index in [0.29, 0.717) is 11.4 Å². The van der Waals surface area contributed by atoms with E-state index in [1.165, 1.54) is 0 Å². The van der Waals surface area contributed by atoms with E-state index in [1.54, 1.807) is 0 Å². The number of halogens is 2. The molecule has 0 aliphatic rings. The van der Waals surface area contributed by atoms with Gasteiger partial charge in [0.25, 0.3) is 0 Å². The maximum Gasteiger partial charge on any atom is 0.0622 e. The second kappa shape index (κ2) is 5.90. The Morgan fingerprint density at radius 3 is 2.93 bits per heavy atom. The molecule has 74 valence electrons. The van der Waals surface area contributed by atoms with Crippen molar-refractivity contribution in [2.75, 3.05) is 11.9 Å². The molecular formula is C10H10BrClN2. The lowest BCUT2D eigenvalue weighted by Crippen LogP contribution is -2.00. The quantitative estimate of drug-likeness (QED) is 0.847. The monoisotopic (exact) mass is 272 g/mol. The van der Waals surface area contributed by atoms with E-state index in [9.17, 15) is 0 Å². The van der Waals surface area contributed by atoms with Crippen LogP contribution in [0, 0.1) is 11.3 Å². The second-order valence-electron chi connectivity index (χ2n) is 2.82. The average Bonchev–Trinajstić information content (AvgIpc) is 2.18. The van der Waals surface area contributed by atoms with Gasteiger partial charge in [-0.25, -0.2) is 0 Å². The van der Waals surface area contributed by atoms with Crippen molar-refractivity contribution in [3.8, 4) is 6.07 Å². The van der Waals surface area contributed by atoms with Gasteiger partial charge in [-0.05, 0) is 40.5 Å². The number of anilines is 1. The van der Waals surface area contributed by atoms with Crippen molar-refractivity contribution in [2.24, 2.45) is 0 Å². The Bertz CT molecular complexity index is 346. The molecule has 1 aromatic rings. The van der Waals surface area contributed by atoms with E-state index >= 15 is 0 Å². The van der Waals surface area contributed by atoms with Crippen LogP contribution in [0.1, 0.15) is 12.8 Å². The molecule has 4 heteroatoms. The van der Waals surface area contributed by atoms with Crippen molar-refractivity contribution < 1.29 is 0 Å². The molecule has 2 nitrogen and oxygen atoms in total. The first kappa shape index (κ1) is 11.4. The molecule has 0 saturated carbocycles. The maximum atomic E-state index is 8.34. The highest BCUT2D eigenvalue weighted by Gasteiger charge is 1.97. The number of unbranched alkanes of at least 4 members (excludes halogenated alkanes) is 1. The highest BCUT2D eigenvalue weighted by atomic mass is 79.9. The molecule has 0 aliphatic heterocycles. The molecule has 0 unspecified atom stereocenters. The van der Waals surface area contributed by atoms with Crippen LogP contribution in [0.5, 0.6) is 0 Å². The zero-order chi connectivity index (χ0) is 10.4. The summed E-state index contributed by atoms with van der Waals surface area (Å²) in [5.74, 6) is 0. The lowest BCUT2D eigenvalue weighted by atomic mass is 10.3. The van der Waals surface area contributed by atoms with Gasteiger partial charge in [0.2, 0.25) is 0 Å². The molecule has 1 N–H and O–H groups in total. The lowest BCUT2D eigenvalue weighted by Gasteiger charge is -2.05. The predicted octanol–water partition coefficient (Wildman–Crippen LogP) is 3.82. The van der Waals surface area contributed by atoms with Gasteiger partial charge in [-0.3, -0.25) is 0 Å². The summed E-state index contributed by atoms with van der Waals surface area (Å²) >= 11 is 9.19. The van der Waals surface area contributed by atoms with Gasteiger partial charge >= 0.3 is 0 Å². The van der Waals surface area contributed by atoms with Crippen LogP contribution < -0.4 is 5.32 Å². The largest absolute Gasteiger partial charge is 0.385 e. The highest BCUT2D eigenvalue weighted by Crippen LogP contribution is 2.25. The Labute approximate surface area is 97.0 Å². The molecule has 1 aromatic carbocycles. The summed E-state index contributed by atoms with van der Waals surface area (Å²) in [6.07, 6.45) is 1.44. The van der Waals surface area contributed by atoms with Crippen LogP contribution in [0.3, 0.4) is 0 Å². The summed E-state index contributed by atoms with van der Waals surface area (Å²) in [5, 5.41) is 12.3. The number of rotatable bonds is 4. The van der Waals surface area contributed by atoms with Crippen molar-refractivity contribution in [3.05, 3.63) is 27.7 Å². The van der Waals surface area contributed by atoms with Gasteiger partial charge in [-0.2, -0.15) is 5.26 Å². The van der Waals surface area contributed by atoms with Gasteiger partial charge in [0, 0.05) is 23.1 Å². The first-order chi connectivity index (χ1) is 6.74. The van der Waals surface area contributed by atoms with Crippen molar-refractivity contribution in [1.82, 2.24) is 0 Å². The summed E-state index contributed by atoms with van der Waals surface area (Å²) in [6.45, 7) is 0.807. The first-order valence-corrected chi connectivity index (χ1v) is 5.47. The van der Waals surface area contributed by atoms with Crippen molar-refractivity contribution in [1.29, 1.82) is 5.26 Å². The number of benzene rings is 1. The van der Waals surface area contributed by atoms with Crippen LogP contribution in [-0.4, -0.2) is 6.54 Å². The molecule has 0 fully saturated rings. The third-order valence-corrected chi connectivity index (χ3v) is 2.93. The SMILES string of the molecule is N#CCCCNc1ccc(Cl)c(Br)c1. The molecule has 1 rings (SSSR count). The number of nitriles is 1. The standard InChI is InChI=1S/C10H10BrClN2/c11-9-7-8(3-4-10(9)12)14-6-2-1-5-13/h3-4,7,14H,1-2,6H2. The zero-order valence-corrected chi connectivity index (χ0v) is 9.90. The molecule has 0 atom stereocenters. The van der Waals surface area contributed by atoms with Crippen LogP contribution >= 0.6 is 27.5 Å². The lowest BCUT2D eigenvalue weighted by molar-refractivity contribution is 0.897. The van der Waals surface area contributed by atoms with Gasteiger partial charge in [-0.15, -0.1) is 0 Å². The van der Waals surface area contributed by atoms with Crippen LogP contribution in [0.25, 0.3) is 0 Å². The normalized spacial score (nSPS) is 9.50. The van der Waals surface area contributed by atoms with Crippen LogP contribution in [0.15, 0.2) is 22.7 Å². The van der Waals surface area contributed by atoms with E-state index in [0.717, 1.165) is 23.1 Å². The Morgan fingerprint density at radius 1 is 1.50 bits per heavy atom. The number of nitrogens with one attached hydrogen (secondary N) is 1. The molecule has 0 bridgehead atoms. The number of hydrogen-bond donors (Lipinski definition) is 1. The summed E-state index contributed by atoms with van der Waals surface area (Å²) in [7, 11) is 0. The molecule has 14 heavy (non-hydrogen) atoms. The van der Waals surface area contributed by atoms with Gasteiger partial charge in [0.1, 0.15) is 0 Å². The second-order valence-corrected chi connectivity index (χ2v) is 4.08. The fourth-order valence-electron chi connectivity index (χ4n) is 1.01. The average molecular weight is 274 g/mol. The van der Waals surface area contributed by atoms with Crippen LogP contribution in [-0.2, 0) is 0 Å². The topological polar surface area (TPSA) is 35.8 Å². The third-order valence-electron chi connectivity index (χ3n) is 1.71. The zero-order valence-electron chi connectivity index (χ0n) is 7.56. The van der Waals surface area contributed by atoms with E-state index in [1.807, 2.05) is 18.2 Å². The number of hydrogen-bond acceptors (Lipinski definition) is 2. The highest BCUT2D eigenvalue weighted by molar-refractivity contribution is 9.10. The molecule has 0 radical (unpaired) electrons. The first-order valence-electron chi connectivity index (χ1n) is 4.30. The van der Waals surface area contributed by atoms with Crippen LogP contribution in [0.2, 0.25) is 5.02 Å². The molecule has 0 aliphatic carbocycles. The fraction of sp³-hybridized carbons (Fsp3) is 0.300. The minimum atomic E-state index is 0.585. The molecule has 0 aromatic heterocycles. The fourth-order valence-corrected chi connectivity index (χ4v) is 1.50. The Hall–Kier alpha value is -0.720. The van der Waals surface area contributed by atoms with E-state index in [2.05, 4.69) is 27.3 Å². The molecule has 0 heterocycles. The van der Waals surface area contributed by atoms with Crippen LogP contribution in [0.4, 0.5) is 5.69 Å². The predicted molar refractivity (Wildman–Crippen MR) is 62.5 cm³/mol. The van der Waals surface area contributed by atoms with E-state index in [4.69, 9.17) is 16.9 Å². The third kappa shape index (κ3) is 3.57. The van der Waals surface area contributed by atoms with Gasteiger partial charge < -0.3 is 5.32 Å². The van der Waals surface area contributed by atoms with Crippen molar-refractivity contribution >= 4 is 33.2 Å². The summed E-state index contributed by atoms with van der Waals surface area (Å²) in [6, 6.07) is 7.78. The maximum absolute atomic E-state index is 8.34. The molecule has 0 saturated heterocycles. The minimum absolute atomic E-state index is 0.585. The Morgan fingerprint density at radius 2 is 2.29 bits per heavy atom. The Kier molecular flexibility index (Phi) is 4.78. The summed E-state index contributed by atoms with van der Waals surface area (Å²) in [5.41, 5.74) is 1.01. The minimum Gasteiger partial charge on any atom is -0.385 e. The number of nitrogens with zero attached hydrogens (tertiary/aromatic N) is 1. The van der Waals surface area contributed by atoms with Gasteiger partial charge in [-0.1, -0.05) is 11.6 Å². The smallest absolute Gasteiger partial charge is 0.0622 e. The van der Waals surface area contributed by atoms with Gasteiger partial charge in [0.15, 0.2) is 0 Å². The van der Waals surface area contributed by atoms with Crippen molar-refractivity contribution in [2.45, 2.75) is 12.8 Å². The summed E-state index contributed by atoms with van der Waals surface area (Å²) in [4.78, 5) is 0. The molecule has 0 spiro atoms. The Balaban J connectivity index is 2.44. The molecular weight excluding hydrogens is 263 g/mol. The summed E-state index contributed by atoms with van der Waals surface area (Å²) < 4.78 is 0.879. The van der Waals surface area contributed by atoms with Crippen molar-refractivity contribution in [3.63, 3.8) is 0 Å². The van der Waals surface area contributed by atoms with Gasteiger partial charge in [0.05, 0.1) is 11.1 Å². The molecule has 0 amide bonds.